The maximum absolute atomic E-state index is 9.76. The molecular formula is C10H13BrO3. The zero-order valence-electron chi connectivity index (χ0n) is 8.34. The highest BCUT2D eigenvalue weighted by atomic mass is 79.9. The molecule has 0 aromatic heterocycles. The van der Waals surface area contributed by atoms with Gasteiger partial charge in [-0.3, -0.25) is 0 Å². The van der Waals surface area contributed by atoms with Crippen molar-refractivity contribution < 1.29 is 14.9 Å². The number of aliphatic hydroxyl groups excluding tert-OH is 1. The largest absolute Gasteiger partial charge is 0.504 e. The Morgan fingerprint density at radius 2 is 2.07 bits per heavy atom. The summed E-state index contributed by atoms with van der Waals surface area (Å²) in [5.41, 5.74) is 1.31. The molecule has 2 N–H and O–H groups in total. The Morgan fingerprint density at radius 3 is 2.50 bits per heavy atom. The van der Waals surface area contributed by atoms with Crippen LogP contribution in [0.4, 0.5) is 0 Å². The number of methoxy groups -OCH3 is 1. The van der Waals surface area contributed by atoms with Gasteiger partial charge in [0.05, 0.1) is 13.2 Å². The highest BCUT2D eigenvalue weighted by Crippen LogP contribution is 2.39. The van der Waals surface area contributed by atoms with Gasteiger partial charge in [0.2, 0.25) is 0 Å². The fourth-order valence-corrected chi connectivity index (χ4v) is 1.82. The van der Waals surface area contributed by atoms with Crippen molar-refractivity contribution in [3.8, 4) is 11.5 Å². The Kier molecular flexibility index (Phi) is 3.39. The van der Waals surface area contributed by atoms with Gasteiger partial charge in [-0.1, -0.05) is 15.9 Å². The quantitative estimate of drug-likeness (QED) is 0.860. The Hall–Kier alpha value is -0.740. The predicted octanol–water partition coefficient (Wildman–Crippen LogP) is 2.53. The number of phenolic OH excluding ortho intramolecular Hbond substituents is 1. The molecule has 0 amide bonds. The molecule has 1 aromatic carbocycles. The number of aromatic hydroxyl groups is 1. The van der Waals surface area contributed by atoms with Crippen molar-refractivity contribution in [3.63, 3.8) is 0 Å². The number of aliphatic hydroxyl groups is 1. The third-order valence-corrected chi connectivity index (χ3v) is 2.97. The minimum atomic E-state index is -0.721. The van der Waals surface area contributed by atoms with E-state index in [1.54, 1.807) is 13.0 Å². The summed E-state index contributed by atoms with van der Waals surface area (Å²) in [4.78, 5) is 0. The van der Waals surface area contributed by atoms with Gasteiger partial charge in [-0.25, -0.2) is 0 Å². The molecule has 0 radical (unpaired) electrons. The second-order valence-electron chi connectivity index (χ2n) is 3.12. The minimum absolute atomic E-state index is 0.00296. The predicted molar refractivity (Wildman–Crippen MR) is 57.7 cm³/mol. The summed E-state index contributed by atoms with van der Waals surface area (Å²) >= 11 is 3.34. The van der Waals surface area contributed by atoms with Gasteiger partial charge in [-0.15, -0.1) is 0 Å². The van der Waals surface area contributed by atoms with Crippen molar-refractivity contribution in [2.24, 2.45) is 0 Å². The number of ether oxygens (including phenoxy) is 1. The van der Waals surface area contributed by atoms with E-state index in [1.165, 1.54) is 7.11 Å². The van der Waals surface area contributed by atoms with Crippen LogP contribution < -0.4 is 4.74 Å². The lowest BCUT2D eigenvalue weighted by Gasteiger charge is -2.15. The van der Waals surface area contributed by atoms with E-state index in [0.717, 1.165) is 10.0 Å². The molecular weight excluding hydrogens is 248 g/mol. The van der Waals surface area contributed by atoms with Crippen LogP contribution in [0.25, 0.3) is 0 Å². The van der Waals surface area contributed by atoms with Crippen LogP contribution in [0.1, 0.15) is 24.2 Å². The van der Waals surface area contributed by atoms with Crippen LogP contribution in [0.5, 0.6) is 11.5 Å². The molecule has 1 rings (SSSR count). The van der Waals surface area contributed by atoms with Crippen LogP contribution in [0.2, 0.25) is 0 Å². The number of halogens is 1. The SMILES string of the molecule is COc1cc(Br)c(C)c(C(C)O)c1O. The molecule has 0 bridgehead atoms. The summed E-state index contributed by atoms with van der Waals surface area (Å²) in [6, 6.07) is 1.68. The molecule has 0 heterocycles. The van der Waals surface area contributed by atoms with Crippen LogP contribution >= 0.6 is 15.9 Å². The van der Waals surface area contributed by atoms with Crippen LogP contribution in [-0.4, -0.2) is 17.3 Å². The zero-order valence-corrected chi connectivity index (χ0v) is 9.92. The monoisotopic (exact) mass is 260 g/mol. The molecule has 0 saturated heterocycles. The zero-order chi connectivity index (χ0) is 10.9. The Labute approximate surface area is 91.5 Å². The lowest BCUT2D eigenvalue weighted by atomic mass is 10.0. The fourth-order valence-electron chi connectivity index (χ4n) is 1.40. The Morgan fingerprint density at radius 1 is 1.50 bits per heavy atom. The standard InChI is InChI=1S/C10H13BrO3/c1-5-7(11)4-8(14-3)10(13)9(5)6(2)12/h4,6,12-13H,1-3H3. The van der Waals surface area contributed by atoms with Gasteiger partial charge in [-0.05, 0) is 25.5 Å². The molecule has 0 aliphatic rings. The smallest absolute Gasteiger partial charge is 0.163 e. The van der Waals surface area contributed by atoms with Crippen molar-refractivity contribution >= 4 is 15.9 Å². The van der Waals surface area contributed by atoms with E-state index in [0.29, 0.717) is 11.3 Å². The highest BCUT2D eigenvalue weighted by Gasteiger charge is 2.17. The van der Waals surface area contributed by atoms with Crippen LogP contribution in [0, 0.1) is 6.92 Å². The molecule has 3 nitrogen and oxygen atoms in total. The van der Waals surface area contributed by atoms with Crippen LogP contribution in [0.3, 0.4) is 0 Å². The lowest BCUT2D eigenvalue weighted by Crippen LogP contribution is -1.98. The third-order valence-electron chi connectivity index (χ3n) is 2.15. The van der Waals surface area contributed by atoms with Crippen molar-refractivity contribution in [1.82, 2.24) is 0 Å². The van der Waals surface area contributed by atoms with E-state index in [2.05, 4.69) is 15.9 Å². The van der Waals surface area contributed by atoms with Gasteiger partial charge < -0.3 is 14.9 Å². The van der Waals surface area contributed by atoms with Gasteiger partial charge in [0.25, 0.3) is 0 Å². The Bertz CT molecular complexity index is 348. The molecule has 1 unspecified atom stereocenters. The molecule has 1 aromatic rings. The van der Waals surface area contributed by atoms with Gasteiger partial charge in [0.15, 0.2) is 11.5 Å². The van der Waals surface area contributed by atoms with Crippen LogP contribution in [0.15, 0.2) is 10.5 Å². The first kappa shape index (κ1) is 11.3. The van der Waals surface area contributed by atoms with E-state index in [9.17, 15) is 10.2 Å². The molecule has 78 valence electrons. The molecule has 0 fully saturated rings. The van der Waals surface area contributed by atoms with Gasteiger partial charge in [0.1, 0.15) is 0 Å². The first-order valence-electron chi connectivity index (χ1n) is 4.23. The molecule has 1 atom stereocenters. The maximum Gasteiger partial charge on any atom is 0.163 e. The second-order valence-corrected chi connectivity index (χ2v) is 3.98. The van der Waals surface area contributed by atoms with Crippen molar-refractivity contribution in [3.05, 3.63) is 21.7 Å². The molecule has 14 heavy (non-hydrogen) atoms. The summed E-state index contributed by atoms with van der Waals surface area (Å²) in [7, 11) is 1.47. The van der Waals surface area contributed by atoms with Crippen LogP contribution in [-0.2, 0) is 0 Å². The van der Waals surface area contributed by atoms with E-state index < -0.39 is 6.10 Å². The topological polar surface area (TPSA) is 49.7 Å². The Balaban J connectivity index is 3.45. The van der Waals surface area contributed by atoms with Gasteiger partial charge >= 0.3 is 0 Å². The third kappa shape index (κ3) is 1.86. The molecule has 4 heteroatoms. The molecule has 0 aliphatic carbocycles. The first-order valence-corrected chi connectivity index (χ1v) is 5.02. The molecule has 0 aliphatic heterocycles. The summed E-state index contributed by atoms with van der Waals surface area (Å²) in [5.74, 6) is 0.363. The van der Waals surface area contributed by atoms with Gasteiger partial charge in [-0.2, -0.15) is 0 Å². The minimum Gasteiger partial charge on any atom is -0.504 e. The number of rotatable bonds is 2. The first-order chi connectivity index (χ1) is 6.49. The molecule has 0 spiro atoms. The van der Waals surface area contributed by atoms with Crippen molar-refractivity contribution in [2.75, 3.05) is 7.11 Å². The van der Waals surface area contributed by atoms with E-state index in [-0.39, 0.29) is 5.75 Å². The van der Waals surface area contributed by atoms with Crippen molar-refractivity contribution in [1.29, 1.82) is 0 Å². The molecule has 0 saturated carbocycles. The number of benzene rings is 1. The van der Waals surface area contributed by atoms with E-state index in [1.807, 2.05) is 6.92 Å². The fraction of sp³-hybridized carbons (Fsp3) is 0.400. The number of hydrogen-bond donors (Lipinski definition) is 2. The average molecular weight is 261 g/mol. The summed E-state index contributed by atoms with van der Waals surface area (Å²) < 4.78 is 5.79. The number of hydrogen-bond acceptors (Lipinski definition) is 3. The summed E-state index contributed by atoms with van der Waals surface area (Å²) in [6.45, 7) is 3.43. The van der Waals surface area contributed by atoms with Gasteiger partial charge in [0, 0.05) is 10.0 Å². The normalized spacial score (nSPS) is 12.6. The summed E-state index contributed by atoms with van der Waals surface area (Å²) in [5, 5.41) is 19.3. The number of phenols is 1. The van der Waals surface area contributed by atoms with Crippen molar-refractivity contribution in [2.45, 2.75) is 20.0 Å². The highest BCUT2D eigenvalue weighted by molar-refractivity contribution is 9.10. The van der Waals surface area contributed by atoms with E-state index in [4.69, 9.17) is 4.74 Å². The van der Waals surface area contributed by atoms with E-state index >= 15 is 0 Å². The average Bonchev–Trinajstić information content (AvgIpc) is 2.11. The second kappa shape index (κ2) is 4.19. The lowest BCUT2D eigenvalue weighted by molar-refractivity contribution is 0.193. The summed E-state index contributed by atoms with van der Waals surface area (Å²) in [6.07, 6.45) is -0.721. The maximum atomic E-state index is 9.76.